The molecule has 19 heavy (non-hydrogen) atoms. The van der Waals surface area contributed by atoms with Gasteiger partial charge in [-0.15, -0.1) is 0 Å². The van der Waals surface area contributed by atoms with Crippen molar-refractivity contribution in [1.82, 2.24) is 10.3 Å². The molecule has 2 nitrogen and oxygen atoms in total. The van der Waals surface area contributed by atoms with Crippen LogP contribution in [0.25, 0.3) is 10.9 Å². The number of nitrogens with one attached hydrogen (secondary N) is 2. The maximum Gasteiger partial charge on any atom is 0.0476 e. The highest BCUT2D eigenvalue weighted by atomic mass is 15.0. The highest BCUT2D eigenvalue weighted by molar-refractivity contribution is 5.85. The van der Waals surface area contributed by atoms with Crippen LogP contribution in [0.2, 0.25) is 0 Å². The highest BCUT2D eigenvalue weighted by Crippen LogP contribution is 2.45. The molecule has 1 heterocycles. The number of benzene rings is 1. The molecule has 1 fully saturated rings. The van der Waals surface area contributed by atoms with Crippen molar-refractivity contribution in [2.45, 2.75) is 45.1 Å². The quantitative estimate of drug-likeness (QED) is 0.853. The molecule has 0 spiro atoms. The van der Waals surface area contributed by atoms with Gasteiger partial charge in [0.2, 0.25) is 0 Å². The molecular formula is C17H22N2. The van der Waals surface area contributed by atoms with E-state index >= 15 is 0 Å². The summed E-state index contributed by atoms with van der Waals surface area (Å²) < 4.78 is 0. The Balaban J connectivity index is 1.65. The zero-order valence-corrected chi connectivity index (χ0v) is 11.6. The van der Waals surface area contributed by atoms with E-state index in [9.17, 15) is 0 Å². The summed E-state index contributed by atoms with van der Waals surface area (Å²) in [7, 11) is 0. The summed E-state index contributed by atoms with van der Waals surface area (Å²) in [6.07, 6.45) is 6.60. The Kier molecular flexibility index (Phi) is 2.49. The van der Waals surface area contributed by atoms with Crippen LogP contribution in [0, 0.1) is 5.41 Å². The van der Waals surface area contributed by atoms with Crippen molar-refractivity contribution in [2.75, 3.05) is 6.54 Å². The first-order chi connectivity index (χ1) is 9.25. The lowest BCUT2D eigenvalue weighted by Gasteiger charge is -2.25. The number of H-pyrrole nitrogens is 1. The molecule has 1 saturated carbocycles. The fourth-order valence-electron chi connectivity index (χ4n) is 3.38. The van der Waals surface area contributed by atoms with E-state index in [4.69, 9.17) is 0 Å². The van der Waals surface area contributed by atoms with Crippen molar-refractivity contribution in [3.63, 3.8) is 0 Å². The van der Waals surface area contributed by atoms with E-state index in [0.29, 0.717) is 11.5 Å². The van der Waals surface area contributed by atoms with Crippen LogP contribution in [0.4, 0.5) is 0 Å². The summed E-state index contributed by atoms with van der Waals surface area (Å²) >= 11 is 0. The molecule has 0 amide bonds. The third kappa shape index (κ3) is 1.99. The average molecular weight is 254 g/mol. The standard InChI is InChI=1S/C17H22N2/c1-17(9-10-17)11-18-15-8-4-6-13-12-5-2-3-7-14(12)19-16(13)15/h2-3,5,7,15,18-19H,4,6,8-11H2,1H3. The van der Waals surface area contributed by atoms with Gasteiger partial charge in [-0.05, 0) is 49.1 Å². The molecule has 1 atom stereocenters. The molecule has 1 aromatic heterocycles. The Bertz CT molecular complexity index is 607. The largest absolute Gasteiger partial charge is 0.357 e. The van der Waals surface area contributed by atoms with E-state index in [0.717, 1.165) is 0 Å². The summed E-state index contributed by atoms with van der Waals surface area (Å²) in [4.78, 5) is 3.66. The predicted octanol–water partition coefficient (Wildman–Crippen LogP) is 3.94. The molecule has 2 N–H and O–H groups in total. The second-order valence-corrected chi connectivity index (χ2v) is 6.70. The van der Waals surface area contributed by atoms with Crippen LogP contribution < -0.4 is 5.32 Å². The van der Waals surface area contributed by atoms with Gasteiger partial charge in [-0.1, -0.05) is 25.1 Å². The Morgan fingerprint density at radius 3 is 3.00 bits per heavy atom. The molecule has 1 aromatic carbocycles. The monoisotopic (exact) mass is 254 g/mol. The first-order valence-electron chi connectivity index (χ1n) is 7.58. The van der Waals surface area contributed by atoms with Crippen molar-refractivity contribution in [3.8, 4) is 0 Å². The van der Waals surface area contributed by atoms with Crippen molar-refractivity contribution in [3.05, 3.63) is 35.5 Å². The fraction of sp³-hybridized carbons (Fsp3) is 0.529. The minimum atomic E-state index is 0.536. The summed E-state index contributed by atoms with van der Waals surface area (Å²) in [5, 5.41) is 5.24. The lowest BCUT2D eigenvalue weighted by molar-refractivity contribution is 0.400. The van der Waals surface area contributed by atoms with Crippen molar-refractivity contribution >= 4 is 10.9 Å². The molecule has 0 bridgehead atoms. The summed E-state index contributed by atoms with van der Waals surface area (Å²) in [5.74, 6) is 0. The fourth-order valence-corrected chi connectivity index (χ4v) is 3.38. The molecule has 0 radical (unpaired) electrons. The Labute approximate surface area is 114 Å². The third-order valence-electron chi connectivity index (χ3n) is 4.99. The average Bonchev–Trinajstić information content (AvgIpc) is 3.04. The van der Waals surface area contributed by atoms with Gasteiger partial charge in [0, 0.05) is 29.2 Å². The zero-order valence-electron chi connectivity index (χ0n) is 11.6. The molecular weight excluding hydrogens is 232 g/mol. The number of para-hydroxylation sites is 1. The highest BCUT2D eigenvalue weighted by Gasteiger charge is 2.37. The lowest BCUT2D eigenvalue weighted by atomic mass is 9.91. The number of hydrogen-bond donors (Lipinski definition) is 2. The first kappa shape index (κ1) is 11.5. The van der Waals surface area contributed by atoms with E-state index in [1.807, 2.05) is 0 Å². The van der Waals surface area contributed by atoms with Crippen LogP contribution in [0.15, 0.2) is 24.3 Å². The SMILES string of the molecule is CC1(CNC2CCCc3c2[nH]c2ccccc32)CC1. The third-order valence-corrected chi connectivity index (χ3v) is 4.99. The van der Waals surface area contributed by atoms with Gasteiger partial charge in [0.25, 0.3) is 0 Å². The maximum absolute atomic E-state index is 3.81. The van der Waals surface area contributed by atoms with E-state index in [1.165, 1.54) is 55.2 Å². The van der Waals surface area contributed by atoms with Crippen LogP contribution in [0.5, 0.6) is 0 Å². The van der Waals surface area contributed by atoms with Crippen LogP contribution in [-0.2, 0) is 6.42 Å². The summed E-state index contributed by atoms with van der Waals surface area (Å²) in [6.45, 7) is 3.57. The Morgan fingerprint density at radius 2 is 2.16 bits per heavy atom. The molecule has 1 unspecified atom stereocenters. The van der Waals surface area contributed by atoms with Crippen LogP contribution in [0.1, 0.15) is 49.9 Å². The minimum absolute atomic E-state index is 0.536. The Morgan fingerprint density at radius 1 is 1.32 bits per heavy atom. The number of fused-ring (bicyclic) bond motifs is 3. The van der Waals surface area contributed by atoms with Gasteiger partial charge in [0.15, 0.2) is 0 Å². The molecule has 4 rings (SSSR count). The Hall–Kier alpha value is -1.28. The molecule has 2 heteroatoms. The zero-order chi connectivity index (χ0) is 12.9. The van der Waals surface area contributed by atoms with E-state index in [1.54, 1.807) is 5.56 Å². The number of hydrogen-bond acceptors (Lipinski definition) is 1. The second-order valence-electron chi connectivity index (χ2n) is 6.70. The molecule has 2 aliphatic carbocycles. The number of rotatable bonds is 3. The summed E-state index contributed by atoms with van der Waals surface area (Å²) in [6, 6.07) is 9.27. The van der Waals surface area contributed by atoms with Gasteiger partial charge < -0.3 is 10.3 Å². The van der Waals surface area contributed by atoms with Crippen molar-refractivity contribution in [2.24, 2.45) is 5.41 Å². The van der Waals surface area contributed by atoms with Crippen molar-refractivity contribution < 1.29 is 0 Å². The lowest BCUT2D eigenvalue weighted by Crippen LogP contribution is -2.29. The van der Waals surface area contributed by atoms with Gasteiger partial charge in [0.05, 0.1) is 0 Å². The van der Waals surface area contributed by atoms with Crippen LogP contribution >= 0.6 is 0 Å². The van der Waals surface area contributed by atoms with Crippen molar-refractivity contribution in [1.29, 1.82) is 0 Å². The predicted molar refractivity (Wildman–Crippen MR) is 79.3 cm³/mol. The summed E-state index contributed by atoms with van der Waals surface area (Å²) in [5.41, 5.74) is 4.90. The van der Waals surface area contributed by atoms with E-state index < -0.39 is 0 Å². The van der Waals surface area contributed by atoms with Crippen LogP contribution in [0.3, 0.4) is 0 Å². The maximum atomic E-state index is 3.81. The molecule has 0 aliphatic heterocycles. The second kappa shape index (κ2) is 4.11. The molecule has 0 saturated heterocycles. The van der Waals surface area contributed by atoms with Gasteiger partial charge in [-0.3, -0.25) is 0 Å². The first-order valence-corrected chi connectivity index (χ1v) is 7.58. The normalized spacial score (nSPS) is 24.4. The van der Waals surface area contributed by atoms with Gasteiger partial charge in [0.1, 0.15) is 0 Å². The number of aromatic amines is 1. The van der Waals surface area contributed by atoms with Gasteiger partial charge in [-0.25, -0.2) is 0 Å². The molecule has 100 valence electrons. The van der Waals surface area contributed by atoms with Crippen LogP contribution in [-0.4, -0.2) is 11.5 Å². The van der Waals surface area contributed by atoms with Gasteiger partial charge in [-0.2, -0.15) is 0 Å². The smallest absolute Gasteiger partial charge is 0.0476 e. The van der Waals surface area contributed by atoms with E-state index in [-0.39, 0.29) is 0 Å². The van der Waals surface area contributed by atoms with Gasteiger partial charge >= 0.3 is 0 Å². The van der Waals surface area contributed by atoms with E-state index in [2.05, 4.69) is 41.5 Å². The topological polar surface area (TPSA) is 27.8 Å². The number of aryl methyl sites for hydroxylation is 1. The molecule has 2 aliphatic rings. The molecule has 2 aromatic rings. The minimum Gasteiger partial charge on any atom is -0.357 e. The number of aromatic nitrogens is 1.